The smallest absolute Gasteiger partial charge is 0.323 e. The molecule has 4 nitrogen and oxygen atoms in total. The van der Waals surface area contributed by atoms with Crippen molar-refractivity contribution >= 4 is 40.6 Å². The lowest BCUT2D eigenvalue weighted by Gasteiger charge is -2.15. The molecule has 82 valence electrons. The highest BCUT2D eigenvalue weighted by Crippen LogP contribution is 2.17. The Balaban J connectivity index is 2.74. The van der Waals surface area contributed by atoms with Gasteiger partial charge in [0.25, 0.3) is 0 Å². The van der Waals surface area contributed by atoms with E-state index in [1.165, 1.54) is 12.1 Å². The molecule has 0 radical (unpaired) electrons. The van der Waals surface area contributed by atoms with Crippen LogP contribution < -0.4 is 0 Å². The van der Waals surface area contributed by atoms with Crippen molar-refractivity contribution < 1.29 is 15.0 Å². The summed E-state index contributed by atoms with van der Waals surface area (Å²) in [6, 6.07) is 5.58. The maximum atomic E-state index is 10.8. The Morgan fingerprint density at radius 1 is 1.47 bits per heavy atom. The molecule has 0 saturated carbocycles. The second-order valence-corrected chi connectivity index (χ2v) is 4.96. The van der Waals surface area contributed by atoms with Crippen LogP contribution in [-0.2, 0) is 11.2 Å². The highest BCUT2D eigenvalue weighted by Gasteiger charge is 2.22. The molecule has 0 bridgehead atoms. The number of phenols is 1. The molecule has 0 amide bonds. The first-order chi connectivity index (χ1) is 7.00. The average Bonchev–Trinajstić information content (AvgIpc) is 2.15. The molecule has 1 aromatic carbocycles. The van der Waals surface area contributed by atoms with Crippen LogP contribution in [0.15, 0.2) is 24.3 Å². The lowest BCUT2D eigenvalue weighted by molar-refractivity contribution is -0.139. The number of aromatic hydroxyl groups is 1. The van der Waals surface area contributed by atoms with Crippen LogP contribution in [0, 0.1) is 0 Å². The highest BCUT2D eigenvalue weighted by molar-refractivity contribution is 14.1. The molecule has 2 N–H and O–H groups in total. The Hall–Kier alpha value is -0.530. The van der Waals surface area contributed by atoms with Crippen LogP contribution in [0.1, 0.15) is 5.56 Å². The summed E-state index contributed by atoms with van der Waals surface area (Å²) in [5.41, 5.74) is 0.808. The SMILES string of the molecule is O=C(O)[C@H](Cc1ccc(O)cc1)N(Cl)I. The molecule has 0 heterocycles. The molecule has 0 fully saturated rings. The quantitative estimate of drug-likeness (QED) is 0.651. The Morgan fingerprint density at radius 2 is 2.00 bits per heavy atom. The van der Waals surface area contributed by atoms with Crippen LogP contribution >= 0.6 is 34.6 Å². The van der Waals surface area contributed by atoms with Crippen molar-refractivity contribution in [3.05, 3.63) is 29.8 Å². The van der Waals surface area contributed by atoms with Gasteiger partial charge in [-0.15, -0.1) is 2.63 Å². The molecule has 0 aromatic heterocycles. The zero-order valence-electron chi connectivity index (χ0n) is 7.60. The van der Waals surface area contributed by atoms with Crippen molar-refractivity contribution in [1.82, 2.24) is 2.63 Å². The number of carbonyl (C=O) groups is 1. The van der Waals surface area contributed by atoms with E-state index in [-0.39, 0.29) is 5.75 Å². The standard InChI is InChI=1S/C9H9ClINO3/c10-12(11)8(9(14)15)5-6-1-3-7(13)4-2-6/h1-4,8,13H,5H2,(H,14,15)/t8-/m0/s1. The normalized spacial score (nSPS) is 12.7. The van der Waals surface area contributed by atoms with Gasteiger partial charge < -0.3 is 10.2 Å². The van der Waals surface area contributed by atoms with Crippen LogP contribution in [0.25, 0.3) is 0 Å². The minimum atomic E-state index is -0.979. The zero-order valence-corrected chi connectivity index (χ0v) is 10.5. The van der Waals surface area contributed by atoms with Crippen LogP contribution in [0.5, 0.6) is 5.75 Å². The predicted octanol–water partition coefficient (Wildman–Crippen LogP) is 2.19. The summed E-state index contributed by atoms with van der Waals surface area (Å²) >= 11 is 7.33. The van der Waals surface area contributed by atoms with Gasteiger partial charge >= 0.3 is 5.97 Å². The third-order valence-electron chi connectivity index (χ3n) is 1.89. The summed E-state index contributed by atoms with van der Waals surface area (Å²) in [5, 5.41) is 17.9. The number of nitrogens with zero attached hydrogens (tertiary/aromatic N) is 1. The second-order valence-electron chi connectivity index (χ2n) is 2.98. The fourth-order valence-electron chi connectivity index (χ4n) is 1.10. The lowest BCUT2D eigenvalue weighted by Crippen LogP contribution is -2.31. The molecule has 1 rings (SSSR count). The number of aliphatic carboxylic acids is 1. The van der Waals surface area contributed by atoms with E-state index in [4.69, 9.17) is 22.0 Å². The van der Waals surface area contributed by atoms with Gasteiger partial charge in [0, 0.05) is 29.3 Å². The van der Waals surface area contributed by atoms with E-state index in [1.54, 1.807) is 35.0 Å². The van der Waals surface area contributed by atoms with Gasteiger partial charge in [-0.3, -0.25) is 4.79 Å². The number of hydrogen-bond donors (Lipinski definition) is 2. The molecule has 1 aromatic rings. The van der Waals surface area contributed by atoms with E-state index in [9.17, 15) is 4.79 Å². The van der Waals surface area contributed by atoms with Gasteiger partial charge in [-0.05, 0) is 29.5 Å². The number of carboxylic acid groups (broad SMARTS) is 1. The molecule has 0 aliphatic rings. The number of halogens is 2. The van der Waals surface area contributed by atoms with Crippen molar-refractivity contribution in [3.63, 3.8) is 0 Å². The molecule has 0 aliphatic carbocycles. The average molecular weight is 342 g/mol. The van der Waals surface area contributed by atoms with Gasteiger partial charge in [0.1, 0.15) is 11.8 Å². The number of benzene rings is 1. The fraction of sp³-hybridized carbons (Fsp3) is 0.222. The molecule has 6 heteroatoms. The number of phenolic OH excluding ortho intramolecular Hbond substituents is 1. The van der Waals surface area contributed by atoms with Gasteiger partial charge in [0.2, 0.25) is 0 Å². The molecule has 1 atom stereocenters. The fourth-order valence-corrected chi connectivity index (χ4v) is 1.68. The van der Waals surface area contributed by atoms with Gasteiger partial charge in [0.05, 0.1) is 0 Å². The van der Waals surface area contributed by atoms with E-state index in [0.29, 0.717) is 6.42 Å². The van der Waals surface area contributed by atoms with Crippen molar-refractivity contribution in [2.75, 3.05) is 0 Å². The van der Waals surface area contributed by atoms with Gasteiger partial charge in [-0.1, -0.05) is 12.1 Å². The summed E-state index contributed by atoms with van der Waals surface area (Å²) in [5.74, 6) is -0.824. The first kappa shape index (κ1) is 12.5. The number of hydrogen-bond acceptors (Lipinski definition) is 3. The van der Waals surface area contributed by atoms with E-state index in [2.05, 4.69) is 0 Å². The molecule has 0 saturated heterocycles. The predicted molar refractivity (Wildman–Crippen MR) is 64.9 cm³/mol. The minimum Gasteiger partial charge on any atom is -0.508 e. The van der Waals surface area contributed by atoms with Crippen molar-refractivity contribution in [2.24, 2.45) is 0 Å². The maximum Gasteiger partial charge on any atom is 0.323 e. The maximum absolute atomic E-state index is 10.8. The summed E-state index contributed by atoms with van der Waals surface area (Å²) in [4.78, 5) is 10.8. The van der Waals surface area contributed by atoms with Crippen LogP contribution in [0.4, 0.5) is 0 Å². The Labute approximate surface area is 106 Å². The second kappa shape index (κ2) is 5.53. The lowest BCUT2D eigenvalue weighted by atomic mass is 10.1. The summed E-state index contributed by atoms with van der Waals surface area (Å²) < 4.78 is 1.10. The molecular weight excluding hydrogens is 332 g/mol. The Morgan fingerprint density at radius 3 is 2.40 bits per heavy atom. The van der Waals surface area contributed by atoms with Crippen molar-refractivity contribution in [1.29, 1.82) is 0 Å². The van der Waals surface area contributed by atoms with Crippen LogP contribution in [0.3, 0.4) is 0 Å². The van der Waals surface area contributed by atoms with Crippen LogP contribution in [0.2, 0.25) is 0 Å². The van der Waals surface area contributed by atoms with Gasteiger partial charge in [-0.25, -0.2) is 0 Å². The highest BCUT2D eigenvalue weighted by atomic mass is 127. The third-order valence-corrected chi connectivity index (χ3v) is 2.79. The van der Waals surface area contributed by atoms with Crippen LogP contribution in [-0.4, -0.2) is 24.9 Å². The van der Waals surface area contributed by atoms with Gasteiger partial charge in [0.15, 0.2) is 0 Å². The molecule has 0 spiro atoms. The first-order valence-corrected chi connectivity index (χ1v) is 5.42. The topological polar surface area (TPSA) is 60.8 Å². The molecular formula is C9H9ClINO3. The minimum absolute atomic E-state index is 0.155. The summed E-state index contributed by atoms with van der Waals surface area (Å²) in [6.07, 6.45) is 0.294. The van der Waals surface area contributed by atoms with E-state index >= 15 is 0 Å². The zero-order chi connectivity index (χ0) is 11.4. The Bertz CT molecular complexity index is 342. The summed E-state index contributed by atoms with van der Waals surface area (Å²) in [7, 11) is 0. The van der Waals surface area contributed by atoms with E-state index in [0.717, 1.165) is 8.20 Å². The molecule has 0 aliphatic heterocycles. The van der Waals surface area contributed by atoms with E-state index in [1.807, 2.05) is 0 Å². The monoisotopic (exact) mass is 341 g/mol. The molecule has 0 unspecified atom stereocenters. The Kier molecular flexibility index (Phi) is 4.62. The number of rotatable bonds is 4. The largest absolute Gasteiger partial charge is 0.508 e. The number of carboxylic acids is 1. The first-order valence-electron chi connectivity index (χ1n) is 4.12. The summed E-state index contributed by atoms with van der Waals surface area (Å²) in [6.45, 7) is 0. The van der Waals surface area contributed by atoms with Gasteiger partial charge in [-0.2, -0.15) is 0 Å². The van der Waals surface area contributed by atoms with Crippen molar-refractivity contribution in [3.8, 4) is 5.75 Å². The third kappa shape index (κ3) is 3.84. The molecule has 15 heavy (non-hydrogen) atoms. The van der Waals surface area contributed by atoms with Crippen molar-refractivity contribution in [2.45, 2.75) is 12.5 Å². The van der Waals surface area contributed by atoms with E-state index < -0.39 is 12.0 Å².